The molecule has 9 heteroatoms. The molecule has 0 aliphatic carbocycles. The van der Waals surface area contributed by atoms with Gasteiger partial charge >= 0.3 is 11.9 Å². The van der Waals surface area contributed by atoms with E-state index in [2.05, 4.69) is 37.5 Å². The molecular formula is C17H19IN4O4. The topological polar surface area (TPSA) is 105 Å². The Morgan fingerprint density at radius 2 is 2.08 bits per heavy atom. The fraction of sp³-hybridized carbons (Fsp3) is 0.529. The average Bonchev–Trinajstić information content (AvgIpc) is 2.97. The molecule has 1 aromatic rings. The van der Waals surface area contributed by atoms with E-state index < -0.39 is 28.1 Å². The number of fused-ring (bicyclic) bond motifs is 2. The van der Waals surface area contributed by atoms with E-state index in [-0.39, 0.29) is 12.1 Å². The number of benzene rings is 1. The molecular weight excluding hydrogens is 451 g/mol. The molecule has 2 fully saturated rings. The number of halogens is 1. The lowest BCUT2D eigenvalue weighted by molar-refractivity contribution is -0.156. The standard InChI is InChI=1S/C17H19IN4O4/c1-25-16(24)14-12-8-7-11(22(12)17(18)20-21-19)9-13(14)26-15(23)10-5-3-2-4-6-10/h2-6,11-14,17H,7-9H2,1H3. The van der Waals surface area contributed by atoms with Crippen molar-refractivity contribution in [1.82, 2.24) is 4.90 Å². The molecule has 0 radical (unpaired) electrons. The maximum absolute atomic E-state index is 12.5. The van der Waals surface area contributed by atoms with Crippen LogP contribution in [-0.4, -0.2) is 46.3 Å². The van der Waals surface area contributed by atoms with Gasteiger partial charge in [-0.15, -0.1) is 0 Å². The normalized spacial score (nSPS) is 28.7. The van der Waals surface area contributed by atoms with E-state index >= 15 is 0 Å². The highest BCUT2D eigenvalue weighted by Gasteiger charge is 2.53. The van der Waals surface area contributed by atoms with Gasteiger partial charge in [0, 0.05) is 23.4 Å². The van der Waals surface area contributed by atoms with Gasteiger partial charge in [-0.25, -0.2) is 4.79 Å². The summed E-state index contributed by atoms with van der Waals surface area (Å²) in [7, 11) is 1.33. The summed E-state index contributed by atoms with van der Waals surface area (Å²) in [5.41, 5.74) is 9.20. The van der Waals surface area contributed by atoms with Gasteiger partial charge < -0.3 is 9.47 Å². The van der Waals surface area contributed by atoms with Crippen LogP contribution in [0.4, 0.5) is 0 Å². The van der Waals surface area contributed by atoms with Gasteiger partial charge in [-0.3, -0.25) is 9.69 Å². The first-order valence-electron chi connectivity index (χ1n) is 8.36. The van der Waals surface area contributed by atoms with Crippen molar-refractivity contribution >= 4 is 34.5 Å². The summed E-state index contributed by atoms with van der Waals surface area (Å²) in [4.78, 5) is 29.9. The number of piperidine rings is 1. The molecule has 0 spiro atoms. The lowest BCUT2D eigenvalue weighted by Crippen LogP contribution is -2.56. The van der Waals surface area contributed by atoms with Gasteiger partial charge in [0.1, 0.15) is 16.2 Å². The number of carbonyl (C=O) groups is 2. The van der Waals surface area contributed by atoms with Crippen LogP contribution in [0.2, 0.25) is 0 Å². The monoisotopic (exact) mass is 470 g/mol. The second-order valence-electron chi connectivity index (χ2n) is 6.36. The van der Waals surface area contributed by atoms with Crippen LogP contribution in [0.5, 0.6) is 0 Å². The molecule has 0 amide bonds. The number of esters is 2. The predicted molar refractivity (Wildman–Crippen MR) is 101 cm³/mol. The van der Waals surface area contributed by atoms with Crippen LogP contribution in [0.25, 0.3) is 10.4 Å². The Hall–Kier alpha value is -1.84. The van der Waals surface area contributed by atoms with Crippen molar-refractivity contribution in [2.75, 3.05) is 7.11 Å². The third-order valence-corrected chi connectivity index (χ3v) is 5.95. The Morgan fingerprint density at radius 1 is 1.35 bits per heavy atom. The summed E-state index contributed by atoms with van der Waals surface area (Å²) >= 11 is 2.06. The van der Waals surface area contributed by atoms with Crippen molar-refractivity contribution in [1.29, 1.82) is 0 Å². The van der Waals surface area contributed by atoms with Crippen LogP contribution in [0.3, 0.4) is 0 Å². The second-order valence-corrected chi connectivity index (χ2v) is 7.47. The van der Waals surface area contributed by atoms with Gasteiger partial charge in [-0.1, -0.05) is 45.9 Å². The van der Waals surface area contributed by atoms with E-state index in [9.17, 15) is 9.59 Å². The molecule has 138 valence electrons. The largest absolute Gasteiger partial charge is 0.469 e. The molecule has 3 rings (SSSR count). The fourth-order valence-corrected chi connectivity index (χ4v) is 4.96. The van der Waals surface area contributed by atoms with Gasteiger partial charge in [0.05, 0.1) is 12.7 Å². The van der Waals surface area contributed by atoms with Crippen molar-refractivity contribution in [2.45, 2.75) is 41.6 Å². The Kier molecular flexibility index (Phi) is 6.00. The molecule has 2 bridgehead atoms. The van der Waals surface area contributed by atoms with Crippen LogP contribution >= 0.6 is 22.6 Å². The van der Waals surface area contributed by atoms with Crippen LogP contribution in [0.1, 0.15) is 29.6 Å². The Bertz CT molecular complexity index is 725. The molecule has 0 N–H and O–H groups in total. The summed E-state index contributed by atoms with van der Waals surface area (Å²) in [6.07, 6.45) is 1.58. The third-order valence-electron chi connectivity index (χ3n) is 5.05. The van der Waals surface area contributed by atoms with Gasteiger partial charge in [0.2, 0.25) is 0 Å². The average molecular weight is 470 g/mol. The molecule has 2 heterocycles. The molecule has 5 unspecified atom stereocenters. The molecule has 26 heavy (non-hydrogen) atoms. The van der Waals surface area contributed by atoms with Crippen molar-refractivity contribution in [2.24, 2.45) is 11.0 Å². The quantitative estimate of drug-likeness (QED) is 0.125. The molecule has 8 nitrogen and oxygen atoms in total. The Labute approximate surface area is 164 Å². The van der Waals surface area contributed by atoms with Crippen molar-refractivity contribution in [3.8, 4) is 0 Å². The van der Waals surface area contributed by atoms with Gasteiger partial charge in [0.15, 0.2) is 0 Å². The molecule has 2 saturated heterocycles. The van der Waals surface area contributed by atoms with E-state index in [1.165, 1.54) is 7.11 Å². The number of alkyl halides is 1. The van der Waals surface area contributed by atoms with Crippen LogP contribution in [0.15, 0.2) is 35.4 Å². The number of azide groups is 1. The predicted octanol–water partition coefficient (Wildman–Crippen LogP) is 3.27. The summed E-state index contributed by atoms with van der Waals surface area (Å²) < 4.78 is 10.3. The van der Waals surface area contributed by atoms with Crippen LogP contribution < -0.4 is 0 Å². The smallest absolute Gasteiger partial charge is 0.338 e. The van der Waals surface area contributed by atoms with E-state index in [1.807, 2.05) is 6.07 Å². The minimum Gasteiger partial charge on any atom is -0.469 e. The zero-order valence-corrected chi connectivity index (χ0v) is 16.4. The Balaban J connectivity index is 1.84. The van der Waals surface area contributed by atoms with E-state index in [0.717, 1.165) is 12.8 Å². The molecule has 2 aliphatic rings. The number of methoxy groups -OCH3 is 1. The van der Waals surface area contributed by atoms with Crippen molar-refractivity contribution in [3.63, 3.8) is 0 Å². The SMILES string of the molecule is COC(=O)C1C(OC(=O)c2ccccc2)CC2CCC1N2C(I)N=[N+]=[N-]. The summed E-state index contributed by atoms with van der Waals surface area (Å²) in [6, 6.07) is 8.64. The minimum atomic E-state index is -0.599. The molecule has 1 aromatic carbocycles. The maximum atomic E-state index is 12.5. The highest BCUT2D eigenvalue weighted by atomic mass is 127. The Morgan fingerprint density at radius 3 is 2.73 bits per heavy atom. The van der Waals surface area contributed by atoms with Crippen LogP contribution in [-0.2, 0) is 14.3 Å². The second kappa shape index (κ2) is 8.24. The number of rotatable bonds is 5. The number of hydrogen-bond donors (Lipinski definition) is 0. The summed E-state index contributed by atoms with van der Waals surface area (Å²) in [5, 5.41) is 3.78. The summed E-state index contributed by atoms with van der Waals surface area (Å²) in [6.45, 7) is 0. The number of carbonyl (C=O) groups excluding carboxylic acids is 2. The maximum Gasteiger partial charge on any atom is 0.338 e. The third kappa shape index (κ3) is 3.65. The van der Waals surface area contributed by atoms with Gasteiger partial charge in [-0.05, 0) is 30.5 Å². The van der Waals surface area contributed by atoms with Crippen molar-refractivity contribution < 1.29 is 19.1 Å². The van der Waals surface area contributed by atoms with Crippen LogP contribution in [0, 0.1) is 5.92 Å². The first-order chi connectivity index (χ1) is 12.6. The molecule has 2 aliphatic heterocycles. The fourth-order valence-electron chi connectivity index (χ4n) is 3.98. The number of hydrogen-bond acceptors (Lipinski definition) is 6. The first-order valence-corrected chi connectivity index (χ1v) is 9.61. The first kappa shape index (κ1) is 18.9. The lowest BCUT2D eigenvalue weighted by atomic mass is 9.87. The van der Waals surface area contributed by atoms with E-state index in [1.54, 1.807) is 24.3 Å². The summed E-state index contributed by atoms with van der Waals surface area (Å²) in [5.74, 6) is -1.45. The highest BCUT2D eigenvalue weighted by molar-refractivity contribution is 14.1. The lowest BCUT2D eigenvalue weighted by Gasteiger charge is -2.43. The molecule has 0 aromatic heterocycles. The molecule has 5 atom stereocenters. The highest BCUT2D eigenvalue weighted by Crippen LogP contribution is 2.43. The number of nitrogens with zero attached hydrogens (tertiary/aromatic N) is 4. The minimum absolute atomic E-state index is 0.0990. The van der Waals surface area contributed by atoms with Gasteiger partial charge in [-0.2, -0.15) is 0 Å². The van der Waals surface area contributed by atoms with Gasteiger partial charge in [0.25, 0.3) is 0 Å². The van der Waals surface area contributed by atoms with Crippen molar-refractivity contribution in [3.05, 3.63) is 46.3 Å². The van der Waals surface area contributed by atoms with E-state index in [4.69, 9.17) is 15.0 Å². The number of ether oxygens (including phenoxy) is 2. The van der Waals surface area contributed by atoms with E-state index in [0.29, 0.717) is 12.0 Å². The molecule has 0 saturated carbocycles. The zero-order valence-electron chi connectivity index (χ0n) is 14.2. The zero-order chi connectivity index (χ0) is 18.7.